The molecule has 3 aliphatic heterocycles. The van der Waals surface area contributed by atoms with Crippen molar-refractivity contribution in [3.63, 3.8) is 0 Å². The van der Waals surface area contributed by atoms with Gasteiger partial charge in [0.25, 0.3) is 0 Å². The number of hydrogen-bond donors (Lipinski definition) is 10. The third kappa shape index (κ3) is 10.7. The highest BCUT2D eigenvalue weighted by atomic mass is 16.8. The largest absolute Gasteiger partial charge is 0.504 e. The van der Waals surface area contributed by atoms with E-state index in [2.05, 4.69) is 0 Å². The minimum absolute atomic E-state index is 0.107. The molecule has 0 bridgehead atoms. The number of esters is 2. The number of hydrogen-bond acceptors (Lipinski definition) is 20. The second-order valence-corrected chi connectivity index (χ2v) is 13.8. The van der Waals surface area contributed by atoms with Crippen LogP contribution in [0.15, 0.2) is 42.5 Å². The quantitative estimate of drug-likeness (QED) is 0.0619. The highest BCUT2D eigenvalue weighted by Gasteiger charge is 2.55. The molecule has 3 fully saturated rings. The highest BCUT2D eigenvalue weighted by Crippen LogP contribution is 2.35. The van der Waals surface area contributed by atoms with Gasteiger partial charge in [-0.05, 0) is 61.7 Å². The fraction of sp³-hybridized carbons (Fsp3) is 0.568. The van der Waals surface area contributed by atoms with Crippen LogP contribution in [0.2, 0.25) is 0 Å². The first-order valence-corrected chi connectivity index (χ1v) is 18.0. The van der Waals surface area contributed by atoms with Gasteiger partial charge in [-0.25, -0.2) is 4.79 Å². The van der Waals surface area contributed by atoms with Crippen molar-refractivity contribution in [2.24, 2.45) is 0 Å². The maximum Gasteiger partial charge on any atom is 0.331 e. The molecule has 57 heavy (non-hydrogen) atoms. The number of ether oxygens (including phenoxy) is 8. The summed E-state index contributed by atoms with van der Waals surface area (Å²) in [6.07, 6.45) is -21.3. The first-order valence-electron chi connectivity index (χ1n) is 18.0. The Morgan fingerprint density at radius 2 is 1.25 bits per heavy atom. The number of aromatic hydroxyl groups is 4. The van der Waals surface area contributed by atoms with Gasteiger partial charge in [0.1, 0.15) is 48.8 Å². The van der Waals surface area contributed by atoms with Crippen molar-refractivity contribution in [3.8, 4) is 23.0 Å². The lowest BCUT2D eigenvalue weighted by Gasteiger charge is -2.48. The van der Waals surface area contributed by atoms with Crippen molar-refractivity contribution in [2.75, 3.05) is 13.2 Å². The van der Waals surface area contributed by atoms with Gasteiger partial charge >= 0.3 is 11.9 Å². The summed E-state index contributed by atoms with van der Waals surface area (Å²) in [6.45, 7) is 3.05. The second-order valence-electron chi connectivity index (χ2n) is 13.8. The predicted octanol–water partition coefficient (Wildman–Crippen LogP) is -1.59. The fourth-order valence-electron chi connectivity index (χ4n) is 6.38. The Labute approximate surface area is 325 Å². The van der Waals surface area contributed by atoms with Gasteiger partial charge in [-0.3, -0.25) is 4.79 Å². The molecule has 3 aliphatic rings. The molecule has 0 aliphatic carbocycles. The third-order valence-electron chi connectivity index (χ3n) is 9.60. The van der Waals surface area contributed by atoms with Crippen LogP contribution in [0, 0.1) is 0 Å². The SMILES string of the molecule is CC(=O)O[C@H]1[C@H](OCCc2ccc(O)c(O)c2)O[C@H](CO[C@@H]2O[C@H](C)[C@H](O)[C@@H](O)[C@H]2O)[C@@H](OC(=O)/C=C/c2ccc(O)c(O)c2)[C@@H]1O[C@@H]1O[C@H](C)[C@H](O)[C@H](O)[C@@H]1O. The number of carbonyl (C=O) groups excluding carboxylic acids is 2. The van der Waals surface area contributed by atoms with E-state index in [4.69, 9.17) is 37.9 Å². The second kappa shape index (κ2) is 19.1. The average Bonchev–Trinajstić information content (AvgIpc) is 3.16. The molecule has 2 aromatic rings. The summed E-state index contributed by atoms with van der Waals surface area (Å²) in [7, 11) is 0. The lowest BCUT2D eigenvalue weighted by molar-refractivity contribution is -0.364. The van der Waals surface area contributed by atoms with Crippen molar-refractivity contribution < 1.29 is 98.5 Å². The summed E-state index contributed by atoms with van der Waals surface area (Å²) in [6, 6.07) is 7.79. The van der Waals surface area contributed by atoms with E-state index in [1.807, 2.05) is 0 Å². The minimum Gasteiger partial charge on any atom is -0.504 e. The molecule has 15 atom stereocenters. The van der Waals surface area contributed by atoms with Gasteiger partial charge in [0.05, 0.1) is 25.4 Å². The number of rotatable bonds is 13. The normalized spacial score (nSPS) is 35.8. The van der Waals surface area contributed by atoms with Crippen LogP contribution in [0.25, 0.3) is 6.08 Å². The van der Waals surface area contributed by atoms with Crippen LogP contribution in [0.1, 0.15) is 31.9 Å². The van der Waals surface area contributed by atoms with Crippen molar-refractivity contribution in [3.05, 3.63) is 53.6 Å². The molecule has 10 N–H and O–H groups in total. The zero-order chi connectivity index (χ0) is 41.7. The lowest BCUT2D eigenvalue weighted by Crippen LogP contribution is -2.66. The smallest absolute Gasteiger partial charge is 0.331 e. The van der Waals surface area contributed by atoms with Gasteiger partial charge in [0.15, 0.2) is 54.1 Å². The maximum atomic E-state index is 13.5. The molecule has 5 rings (SSSR count). The molecule has 2 aromatic carbocycles. The van der Waals surface area contributed by atoms with E-state index in [-0.39, 0.29) is 24.3 Å². The topological polar surface area (TPSA) is 310 Å². The van der Waals surface area contributed by atoms with Crippen molar-refractivity contribution in [2.45, 2.75) is 119 Å². The molecule has 20 heteroatoms. The number of aliphatic hydroxyl groups is 6. The molecule has 0 saturated carbocycles. The van der Waals surface area contributed by atoms with Crippen LogP contribution in [0.5, 0.6) is 23.0 Å². The number of phenolic OH excluding ortho intramolecular Hbond substituents is 4. The zero-order valence-corrected chi connectivity index (χ0v) is 31.0. The molecule has 0 amide bonds. The van der Waals surface area contributed by atoms with Gasteiger partial charge in [0, 0.05) is 13.0 Å². The Morgan fingerprint density at radius 1 is 0.649 bits per heavy atom. The van der Waals surface area contributed by atoms with Gasteiger partial charge in [0.2, 0.25) is 0 Å². The average molecular weight is 813 g/mol. The Bertz CT molecular complexity index is 1710. The summed E-state index contributed by atoms with van der Waals surface area (Å²) in [5.74, 6) is -3.59. The predicted molar refractivity (Wildman–Crippen MR) is 188 cm³/mol. The molecule has 0 spiro atoms. The van der Waals surface area contributed by atoms with Crippen LogP contribution in [-0.2, 0) is 53.9 Å². The van der Waals surface area contributed by atoms with Crippen LogP contribution >= 0.6 is 0 Å². The van der Waals surface area contributed by atoms with E-state index in [0.717, 1.165) is 19.1 Å². The summed E-state index contributed by atoms with van der Waals surface area (Å²) in [5.41, 5.74) is 0.776. The fourth-order valence-corrected chi connectivity index (χ4v) is 6.38. The standard InChI is InChI=1S/C37H48O20/c1-15-26(44)28(46)30(48)35(52-15)51-14-24-32(56-25(43)9-6-18-4-7-20(39)22(41)12-18)33(57-36-31(49)29(47)27(45)16(2)53-36)34(54-17(3)38)37(55-24)50-11-10-19-5-8-21(40)23(42)13-19/h4-9,12-13,15-16,24,26-37,39-42,44-49H,10-11,14H2,1-3H3/b9-6+/t15-,16-,24-,26+,27+,28-,29+,30-,31+,32-,33+,34-,35-,36+,37-/m1/s1. The maximum absolute atomic E-state index is 13.5. The molecule has 0 radical (unpaired) electrons. The molecule has 3 heterocycles. The van der Waals surface area contributed by atoms with Gasteiger partial charge < -0.3 is 89.0 Å². The Hall–Kier alpha value is -4.16. The minimum atomic E-state index is -1.90. The Kier molecular flexibility index (Phi) is 14.7. The van der Waals surface area contributed by atoms with E-state index >= 15 is 0 Å². The Balaban J connectivity index is 1.50. The van der Waals surface area contributed by atoms with E-state index in [1.54, 1.807) is 0 Å². The van der Waals surface area contributed by atoms with E-state index < -0.39 is 128 Å². The number of benzene rings is 2. The monoisotopic (exact) mass is 812 g/mol. The lowest BCUT2D eigenvalue weighted by atomic mass is 9.96. The molecule has 3 saturated heterocycles. The van der Waals surface area contributed by atoms with E-state index in [9.17, 15) is 60.7 Å². The summed E-state index contributed by atoms with van der Waals surface area (Å²) in [4.78, 5) is 26.1. The molecule has 0 unspecified atom stereocenters. The van der Waals surface area contributed by atoms with Gasteiger partial charge in [-0.2, -0.15) is 0 Å². The number of carbonyl (C=O) groups is 2. The first-order chi connectivity index (χ1) is 26.9. The summed E-state index contributed by atoms with van der Waals surface area (Å²) in [5, 5.41) is 102. The van der Waals surface area contributed by atoms with Crippen molar-refractivity contribution in [1.82, 2.24) is 0 Å². The Morgan fingerprint density at radius 3 is 1.86 bits per heavy atom. The van der Waals surface area contributed by atoms with E-state index in [1.165, 1.54) is 50.3 Å². The van der Waals surface area contributed by atoms with Gasteiger partial charge in [-0.15, -0.1) is 0 Å². The highest BCUT2D eigenvalue weighted by molar-refractivity contribution is 5.87. The van der Waals surface area contributed by atoms with Crippen LogP contribution in [0.3, 0.4) is 0 Å². The van der Waals surface area contributed by atoms with Crippen molar-refractivity contribution in [1.29, 1.82) is 0 Å². The summed E-state index contributed by atoms with van der Waals surface area (Å²) >= 11 is 0. The van der Waals surface area contributed by atoms with Crippen LogP contribution in [0.4, 0.5) is 0 Å². The number of phenols is 4. The van der Waals surface area contributed by atoms with Crippen LogP contribution < -0.4 is 0 Å². The first kappa shape index (κ1) is 44.0. The van der Waals surface area contributed by atoms with Crippen LogP contribution in [-0.4, -0.2) is 168 Å². The van der Waals surface area contributed by atoms with E-state index in [0.29, 0.717) is 5.56 Å². The molecular weight excluding hydrogens is 764 g/mol. The number of aliphatic hydroxyl groups excluding tert-OH is 6. The zero-order valence-electron chi connectivity index (χ0n) is 31.0. The summed E-state index contributed by atoms with van der Waals surface area (Å²) < 4.78 is 46.8. The van der Waals surface area contributed by atoms with Crippen molar-refractivity contribution >= 4 is 18.0 Å². The third-order valence-corrected chi connectivity index (χ3v) is 9.60. The van der Waals surface area contributed by atoms with Gasteiger partial charge in [-0.1, -0.05) is 12.1 Å². The molecule has 20 nitrogen and oxygen atoms in total. The molecular formula is C37H48O20. The molecule has 0 aromatic heterocycles. The molecule has 316 valence electrons.